The van der Waals surface area contributed by atoms with E-state index in [1.165, 1.54) is 64.2 Å². The minimum atomic E-state index is -0.0621. The molecule has 23 heavy (non-hydrogen) atoms. The van der Waals surface area contributed by atoms with Crippen LogP contribution in [0.1, 0.15) is 97.3 Å². The molecule has 5 unspecified atom stereocenters. The molecule has 0 bridgehead atoms. The molecule has 0 saturated heterocycles. The van der Waals surface area contributed by atoms with Gasteiger partial charge in [0.2, 0.25) is 0 Å². The van der Waals surface area contributed by atoms with Crippen LogP contribution in [0.25, 0.3) is 0 Å². The number of fused-ring (bicyclic) bond motifs is 2. The predicted molar refractivity (Wildman–Crippen MR) is 98.3 cm³/mol. The third kappa shape index (κ3) is 3.97. The van der Waals surface area contributed by atoms with Gasteiger partial charge in [-0.2, -0.15) is 0 Å². The minimum absolute atomic E-state index is 0.0621. The van der Waals surface area contributed by atoms with Gasteiger partial charge in [0.25, 0.3) is 0 Å². The highest BCUT2D eigenvalue weighted by Gasteiger charge is 2.45. The summed E-state index contributed by atoms with van der Waals surface area (Å²) < 4.78 is 0. The van der Waals surface area contributed by atoms with Crippen LogP contribution in [0.15, 0.2) is 0 Å². The molecule has 0 aromatic carbocycles. The molecule has 1 nitrogen and oxygen atoms in total. The molecule has 0 spiro atoms. The lowest BCUT2D eigenvalue weighted by Crippen LogP contribution is -2.43. The Morgan fingerprint density at radius 1 is 0.826 bits per heavy atom. The van der Waals surface area contributed by atoms with E-state index in [9.17, 15) is 5.11 Å². The largest absolute Gasteiger partial charge is 0.393 e. The lowest BCUT2D eigenvalue weighted by Gasteiger charge is -2.52. The molecular formula is C22H40O. The minimum Gasteiger partial charge on any atom is -0.393 e. The Bertz CT molecular complexity index is 330. The summed E-state index contributed by atoms with van der Waals surface area (Å²) >= 11 is 0. The highest BCUT2D eigenvalue weighted by atomic mass is 16.3. The highest BCUT2D eigenvalue weighted by Crippen LogP contribution is 2.54. The zero-order valence-electron chi connectivity index (χ0n) is 15.7. The molecule has 0 aliphatic heterocycles. The van der Waals surface area contributed by atoms with Crippen molar-refractivity contribution in [1.29, 1.82) is 0 Å². The molecule has 3 saturated carbocycles. The second-order valence-corrected chi connectivity index (χ2v) is 9.04. The molecular weight excluding hydrogens is 280 g/mol. The number of aliphatic hydroxyl groups excluding tert-OH is 1. The number of hydrogen-bond acceptors (Lipinski definition) is 1. The van der Waals surface area contributed by atoms with E-state index in [0.717, 1.165) is 42.4 Å². The van der Waals surface area contributed by atoms with Gasteiger partial charge in [-0.25, -0.2) is 0 Å². The Morgan fingerprint density at radius 3 is 1.91 bits per heavy atom. The van der Waals surface area contributed by atoms with Crippen molar-refractivity contribution in [2.75, 3.05) is 0 Å². The lowest BCUT2D eigenvalue weighted by molar-refractivity contribution is -0.0214. The average molecular weight is 321 g/mol. The van der Waals surface area contributed by atoms with E-state index in [-0.39, 0.29) is 6.10 Å². The maximum Gasteiger partial charge on any atom is 0.0565 e. The monoisotopic (exact) mass is 320 g/mol. The normalized spacial score (nSPS) is 40.0. The molecule has 1 N–H and O–H groups in total. The smallest absolute Gasteiger partial charge is 0.0565 e. The van der Waals surface area contributed by atoms with Crippen molar-refractivity contribution in [3.63, 3.8) is 0 Å². The fraction of sp³-hybridized carbons (Fsp3) is 1.00. The summed E-state index contributed by atoms with van der Waals surface area (Å²) in [5.74, 6) is 5.75. The van der Waals surface area contributed by atoms with Gasteiger partial charge in [0.1, 0.15) is 0 Å². The molecule has 0 radical (unpaired) electrons. The first-order valence-electron chi connectivity index (χ1n) is 10.9. The standard InChI is InChI=1S/C22H40O/c1-3-16(22(23)4-2)13-14-21-19-11-7-5-9-17(19)15-18-10-6-8-12-20(18)21/h16-23H,3-15H2,1-2H3/t16-,17?,18?,19?,20?,21?,22?/m0/s1. The predicted octanol–water partition coefficient (Wildman–Crippen LogP) is 6.20. The van der Waals surface area contributed by atoms with Gasteiger partial charge in [-0.05, 0) is 74.0 Å². The molecule has 1 heteroatoms. The third-order valence-corrected chi connectivity index (χ3v) is 8.00. The Hall–Kier alpha value is -0.0400. The second-order valence-electron chi connectivity index (χ2n) is 9.04. The second kappa shape index (κ2) is 8.37. The van der Waals surface area contributed by atoms with Crippen molar-refractivity contribution in [1.82, 2.24) is 0 Å². The van der Waals surface area contributed by atoms with Crippen LogP contribution in [-0.4, -0.2) is 11.2 Å². The maximum absolute atomic E-state index is 10.3. The number of rotatable bonds is 6. The van der Waals surface area contributed by atoms with E-state index in [4.69, 9.17) is 0 Å². The van der Waals surface area contributed by atoms with Gasteiger partial charge in [0, 0.05) is 0 Å². The van der Waals surface area contributed by atoms with Gasteiger partial charge in [-0.15, -0.1) is 0 Å². The van der Waals surface area contributed by atoms with Gasteiger partial charge in [0.05, 0.1) is 6.10 Å². The Balaban J connectivity index is 1.67. The first-order valence-corrected chi connectivity index (χ1v) is 10.9. The van der Waals surface area contributed by atoms with Crippen LogP contribution in [0.2, 0.25) is 0 Å². The van der Waals surface area contributed by atoms with E-state index < -0.39 is 0 Å². The zero-order valence-corrected chi connectivity index (χ0v) is 15.7. The molecule has 0 heterocycles. The van der Waals surface area contributed by atoms with Crippen molar-refractivity contribution in [2.45, 2.75) is 103 Å². The summed E-state index contributed by atoms with van der Waals surface area (Å²) in [6.45, 7) is 4.42. The molecule has 0 aromatic rings. The van der Waals surface area contributed by atoms with Crippen LogP contribution >= 0.6 is 0 Å². The highest BCUT2D eigenvalue weighted by molar-refractivity contribution is 4.95. The van der Waals surface area contributed by atoms with E-state index in [1.54, 1.807) is 6.42 Å². The van der Waals surface area contributed by atoms with Gasteiger partial charge in [-0.1, -0.05) is 58.8 Å². The van der Waals surface area contributed by atoms with Crippen molar-refractivity contribution in [3.8, 4) is 0 Å². The molecule has 0 aromatic heterocycles. The average Bonchev–Trinajstić information content (AvgIpc) is 2.61. The molecule has 3 aliphatic rings. The fourth-order valence-electron chi connectivity index (χ4n) is 6.73. The summed E-state index contributed by atoms with van der Waals surface area (Å²) in [6.07, 6.45) is 18.4. The SMILES string of the molecule is CCC(O)[C@@H](CC)CCC1C2CCCCC2CC2CCCCC21. The van der Waals surface area contributed by atoms with Gasteiger partial charge in [-0.3, -0.25) is 0 Å². The first kappa shape index (κ1) is 17.8. The first-order chi connectivity index (χ1) is 11.2. The van der Waals surface area contributed by atoms with E-state index in [1.807, 2.05) is 0 Å². The van der Waals surface area contributed by atoms with E-state index >= 15 is 0 Å². The molecule has 3 rings (SSSR count). The molecule has 3 aliphatic carbocycles. The lowest BCUT2D eigenvalue weighted by atomic mass is 9.54. The summed E-state index contributed by atoms with van der Waals surface area (Å²) in [5.41, 5.74) is 0. The van der Waals surface area contributed by atoms with Gasteiger partial charge >= 0.3 is 0 Å². The molecule has 6 atom stereocenters. The summed E-state index contributed by atoms with van der Waals surface area (Å²) in [7, 11) is 0. The van der Waals surface area contributed by atoms with Crippen molar-refractivity contribution in [2.24, 2.45) is 35.5 Å². The summed E-state index contributed by atoms with van der Waals surface area (Å²) in [6, 6.07) is 0. The fourth-order valence-corrected chi connectivity index (χ4v) is 6.73. The summed E-state index contributed by atoms with van der Waals surface area (Å²) in [5, 5.41) is 10.3. The van der Waals surface area contributed by atoms with Crippen LogP contribution in [0.5, 0.6) is 0 Å². The van der Waals surface area contributed by atoms with Crippen LogP contribution < -0.4 is 0 Å². The van der Waals surface area contributed by atoms with Crippen LogP contribution in [0.4, 0.5) is 0 Å². The summed E-state index contributed by atoms with van der Waals surface area (Å²) in [4.78, 5) is 0. The molecule has 134 valence electrons. The van der Waals surface area contributed by atoms with Crippen molar-refractivity contribution in [3.05, 3.63) is 0 Å². The third-order valence-electron chi connectivity index (χ3n) is 8.00. The van der Waals surface area contributed by atoms with Crippen LogP contribution in [0.3, 0.4) is 0 Å². The van der Waals surface area contributed by atoms with E-state index in [0.29, 0.717) is 5.92 Å². The number of aliphatic hydroxyl groups is 1. The Morgan fingerprint density at radius 2 is 1.39 bits per heavy atom. The van der Waals surface area contributed by atoms with Crippen molar-refractivity contribution >= 4 is 0 Å². The van der Waals surface area contributed by atoms with Gasteiger partial charge in [0.15, 0.2) is 0 Å². The van der Waals surface area contributed by atoms with Crippen molar-refractivity contribution < 1.29 is 5.11 Å². The zero-order chi connectivity index (χ0) is 16.2. The Labute approximate surface area is 144 Å². The quantitative estimate of drug-likeness (QED) is 0.618. The van der Waals surface area contributed by atoms with Crippen LogP contribution in [-0.2, 0) is 0 Å². The molecule has 3 fully saturated rings. The molecule has 0 amide bonds. The topological polar surface area (TPSA) is 20.2 Å². The number of hydrogen-bond donors (Lipinski definition) is 1. The van der Waals surface area contributed by atoms with Crippen LogP contribution in [0, 0.1) is 35.5 Å². The van der Waals surface area contributed by atoms with E-state index in [2.05, 4.69) is 13.8 Å². The Kier molecular flexibility index (Phi) is 6.46. The maximum atomic E-state index is 10.3. The van der Waals surface area contributed by atoms with Gasteiger partial charge < -0.3 is 5.11 Å².